The van der Waals surface area contributed by atoms with Gasteiger partial charge in [-0.1, -0.05) is 19.6 Å². The third-order valence-corrected chi connectivity index (χ3v) is 6.59. The first-order valence-corrected chi connectivity index (χ1v) is 11.5. The molecule has 3 N–H and O–H groups in total. The Morgan fingerprint density at radius 1 is 0.938 bits per heavy atom. The maximum Gasteiger partial charge on any atom is 0.238 e. The summed E-state index contributed by atoms with van der Waals surface area (Å²) in [5.74, 6) is 0. The number of benzene rings is 2. The zero-order chi connectivity index (χ0) is 21.4. The van der Waals surface area contributed by atoms with Gasteiger partial charge in [0.25, 0.3) is 0 Å². The number of nitrogens with two attached hydrogens (primary N) is 1. The van der Waals surface area contributed by atoms with Crippen molar-refractivity contribution in [1.82, 2.24) is 15.2 Å². The van der Waals surface area contributed by atoms with Crippen LogP contribution in [0.1, 0.15) is 7.43 Å². The van der Waals surface area contributed by atoms with Gasteiger partial charge in [-0.15, -0.1) is 0 Å². The van der Waals surface area contributed by atoms with Crippen LogP contribution in [-0.4, -0.2) is 49.8 Å². The van der Waals surface area contributed by atoms with Crippen molar-refractivity contribution >= 4 is 32.3 Å². The van der Waals surface area contributed by atoms with E-state index < -0.39 is 10.0 Å². The summed E-state index contributed by atoms with van der Waals surface area (Å²) in [6.07, 6.45) is 5.54. The summed E-state index contributed by atoms with van der Waals surface area (Å²) in [5.41, 5.74) is 5.10. The molecule has 5 rings (SSSR count). The van der Waals surface area contributed by atoms with Gasteiger partial charge in [-0.3, -0.25) is 10.1 Å². The molecule has 3 heterocycles. The Balaban J connectivity index is 0.00000245. The molecule has 32 heavy (non-hydrogen) atoms. The second kappa shape index (κ2) is 8.60. The predicted octanol–water partition coefficient (Wildman–Crippen LogP) is 3.24. The second-order valence-corrected chi connectivity index (χ2v) is 9.13. The van der Waals surface area contributed by atoms with Gasteiger partial charge in [-0.05, 0) is 42.0 Å². The Morgan fingerprint density at radius 2 is 1.72 bits per heavy atom. The van der Waals surface area contributed by atoms with Gasteiger partial charge in [0.15, 0.2) is 0 Å². The van der Waals surface area contributed by atoms with Crippen LogP contribution in [0.4, 0.5) is 11.4 Å². The van der Waals surface area contributed by atoms with Crippen molar-refractivity contribution in [2.75, 3.05) is 36.0 Å². The predicted molar refractivity (Wildman–Crippen MR) is 128 cm³/mol. The summed E-state index contributed by atoms with van der Waals surface area (Å²) in [6, 6.07) is 15.1. The minimum Gasteiger partial charge on any atom is -0.368 e. The van der Waals surface area contributed by atoms with Gasteiger partial charge < -0.3 is 9.80 Å². The molecule has 1 aliphatic rings. The van der Waals surface area contributed by atoms with Crippen LogP contribution in [0.25, 0.3) is 22.0 Å². The number of hydrogen-bond acceptors (Lipinski definition) is 6. The van der Waals surface area contributed by atoms with E-state index in [9.17, 15) is 8.42 Å². The summed E-state index contributed by atoms with van der Waals surface area (Å²) in [4.78, 5) is 9.20. The largest absolute Gasteiger partial charge is 0.368 e. The van der Waals surface area contributed by atoms with Gasteiger partial charge in [-0.25, -0.2) is 13.6 Å². The van der Waals surface area contributed by atoms with Crippen LogP contribution in [-0.2, 0) is 10.0 Å². The van der Waals surface area contributed by atoms with Crippen molar-refractivity contribution in [3.8, 4) is 11.1 Å². The van der Waals surface area contributed by atoms with Crippen LogP contribution in [0, 0.1) is 0 Å². The topological polar surface area (TPSA) is 108 Å². The average molecular weight is 451 g/mol. The SMILES string of the molecule is C.NS(=O)(=O)c1cccc(N2CCN(c3ccnc4ccc(-c5cn[nH]c5)cc34)CC2)c1. The Morgan fingerprint density at radius 3 is 2.44 bits per heavy atom. The molecule has 0 saturated carbocycles. The van der Waals surface area contributed by atoms with Crippen molar-refractivity contribution in [1.29, 1.82) is 0 Å². The first kappa shape index (κ1) is 21.8. The summed E-state index contributed by atoms with van der Waals surface area (Å²) in [7, 11) is -3.72. The van der Waals surface area contributed by atoms with Crippen molar-refractivity contribution in [2.45, 2.75) is 12.3 Å². The van der Waals surface area contributed by atoms with Gasteiger partial charge in [-0.2, -0.15) is 5.10 Å². The molecular weight excluding hydrogens is 424 g/mol. The van der Waals surface area contributed by atoms with Crippen LogP contribution < -0.4 is 14.9 Å². The highest BCUT2D eigenvalue weighted by Crippen LogP contribution is 2.31. The standard InChI is InChI=1S/C22H22N6O2S.CH4/c23-31(29,30)19-3-1-2-18(13-19)27-8-10-28(11-9-27)22-6-7-24-21-5-4-16(12-20(21)22)17-14-25-26-15-17;/h1-7,12-15H,8-11H2,(H,25,26)(H2,23,29,30);1H4. The number of nitrogens with zero attached hydrogens (tertiary/aromatic N) is 4. The Hall–Kier alpha value is -3.43. The molecule has 0 bridgehead atoms. The molecule has 0 amide bonds. The fourth-order valence-corrected chi connectivity index (χ4v) is 4.61. The van der Waals surface area contributed by atoms with Gasteiger partial charge in [0, 0.05) is 60.9 Å². The number of fused-ring (bicyclic) bond motifs is 1. The highest BCUT2D eigenvalue weighted by atomic mass is 32.2. The highest BCUT2D eigenvalue weighted by molar-refractivity contribution is 7.89. The van der Waals surface area contributed by atoms with E-state index >= 15 is 0 Å². The minimum absolute atomic E-state index is 0. The van der Waals surface area contributed by atoms with E-state index in [1.807, 2.05) is 30.7 Å². The molecule has 0 atom stereocenters. The molecule has 2 aromatic carbocycles. The van der Waals surface area contributed by atoms with Crippen molar-refractivity contribution in [3.05, 3.63) is 67.1 Å². The molecule has 9 heteroatoms. The fraction of sp³-hybridized carbons (Fsp3) is 0.217. The number of H-pyrrole nitrogens is 1. The van der Waals surface area contributed by atoms with Gasteiger partial charge >= 0.3 is 0 Å². The van der Waals surface area contributed by atoms with Gasteiger partial charge in [0.2, 0.25) is 10.0 Å². The third-order valence-electron chi connectivity index (χ3n) is 5.68. The summed E-state index contributed by atoms with van der Waals surface area (Å²) in [6.45, 7) is 3.18. The lowest BCUT2D eigenvalue weighted by Crippen LogP contribution is -2.46. The maximum atomic E-state index is 11.7. The van der Waals surface area contributed by atoms with E-state index in [1.165, 1.54) is 6.07 Å². The van der Waals surface area contributed by atoms with E-state index in [0.717, 1.165) is 59.6 Å². The monoisotopic (exact) mass is 450 g/mol. The van der Waals surface area contributed by atoms with Crippen LogP contribution >= 0.6 is 0 Å². The molecule has 0 unspecified atom stereocenters. The number of aromatic amines is 1. The summed E-state index contributed by atoms with van der Waals surface area (Å²) < 4.78 is 23.4. The van der Waals surface area contributed by atoms with Gasteiger partial charge in [0.1, 0.15) is 0 Å². The van der Waals surface area contributed by atoms with E-state index in [1.54, 1.807) is 12.1 Å². The van der Waals surface area contributed by atoms with E-state index in [2.05, 4.69) is 43.2 Å². The lowest BCUT2D eigenvalue weighted by molar-refractivity contribution is 0.597. The van der Waals surface area contributed by atoms with Crippen molar-refractivity contribution in [2.24, 2.45) is 5.14 Å². The minimum atomic E-state index is -3.72. The fourth-order valence-electron chi connectivity index (χ4n) is 4.06. The molecule has 0 spiro atoms. The third kappa shape index (κ3) is 4.17. The molecule has 4 aromatic rings. The molecule has 1 aliphatic heterocycles. The molecule has 1 saturated heterocycles. The van der Waals surface area contributed by atoms with E-state index in [4.69, 9.17) is 5.14 Å². The number of rotatable bonds is 4. The summed E-state index contributed by atoms with van der Waals surface area (Å²) in [5, 5.41) is 13.3. The number of aromatic nitrogens is 3. The first-order valence-electron chi connectivity index (χ1n) is 10.00. The Kier molecular flexibility index (Phi) is 5.86. The number of sulfonamides is 1. The lowest BCUT2D eigenvalue weighted by atomic mass is 10.0. The first-order chi connectivity index (χ1) is 15.0. The highest BCUT2D eigenvalue weighted by Gasteiger charge is 2.20. The van der Waals surface area contributed by atoms with Crippen molar-refractivity contribution in [3.63, 3.8) is 0 Å². The zero-order valence-corrected chi connectivity index (χ0v) is 17.6. The summed E-state index contributed by atoms with van der Waals surface area (Å²) >= 11 is 0. The van der Waals surface area contributed by atoms with Crippen LogP contribution in [0.3, 0.4) is 0 Å². The number of piperazine rings is 1. The smallest absolute Gasteiger partial charge is 0.238 e. The number of hydrogen-bond donors (Lipinski definition) is 2. The average Bonchev–Trinajstić information content (AvgIpc) is 3.33. The van der Waals surface area contributed by atoms with Crippen molar-refractivity contribution < 1.29 is 8.42 Å². The quantitative estimate of drug-likeness (QED) is 0.494. The van der Waals surface area contributed by atoms with Crippen LogP contribution in [0.15, 0.2) is 72.0 Å². The van der Waals surface area contributed by atoms with Crippen LogP contribution in [0.2, 0.25) is 0 Å². The zero-order valence-electron chi connectivity index (χ0n) is 16.8. The lowest BCUT2D eigenvalue weighted by Gasteiger charge is -2.38. The number of pyridine rings is 1. The maximum absolute atomic E-state index is 11.7. The second-order valence-electron chi connectivity index (χ2n) is 7.57. The van der Waals surface area contributed by atoms with E-state index in [0.29, 0.717) is 0 Å². The Bertz CT molecular complexity index is 1330. The molecular formula is C23H26N6O2S. The molecule has 166 valence electrons. The molecule has 1 fully saturated rings. The van der Waals surface area contributed by atoms with Crippen LogP contribution in [0.5, 0.6) is 0 Å². The van der Waals surface area contributed by atoms with Gasteiger partial charge in [0.05, 0.1) is 16.6 Å². The molecule has 2 aromatic heterocycles. The molecule has 0 radical (unpaired) electrons. The Labute approximate surface area is 187 Å². The molecule has 0 aliphatic carbocycles. The normalized spacial score (nSPS) is 14.4. The number of anilines is 2. The molecule has 8 nitrogen and oxygen atoms in total. The number of nitrogens with one attached hydrogen (secondary N) is 1. The van der Waals surface area contributed by atoms with E-state index in [-0.39, 0.29) is 12.3 Å². The number of primary sulfonamides is 1.